The summed E-state index contributed by atoms with van der Waals surface area (Å²) >= 11 is 0. The number of rotatable bonds is 2. The normalized spacial score (nSPS) is 11.2. The highest BCUT2D eigenvalue weighted by molar-refractivity contribution is 5.91. The Morgan fingerprint density at radius 2 is 2.43 bits per heavy atom. The van der Waals surface area contributed by atoms with E-state index in [2.05, 4.69) is 10.1 Å². The van der Waals surface area contributed by atoms with Crippen molar-refractivity contribution in [2.45, 2.75) is 6.92 Å². The second-order valence-electron chi connectivity index (χ2n) is 2.97. The summed E-state index contributed by atoms with van der Waals surface area (Å²) in [5.41, 5.74) is 1.65. The van der Waals surface area contributed by atoms with Crippen LogP contribution in [0.5, 0.6) is 0 Å². The van der Waals surface area contributed by atoms with Gasteiger partial charge in [-0.05, 0) is 19.1 Å². The average Bonchev–Trinajstić information content (AvgIpc) is 2.61. The number of hydrogen-bond donors (Lipinski definition) is 0. The van der Waals surface area contributed by atoms with E-state index in [4.69, 9.17) is 0 Å². The molecule has 0 bridgehead atoms. The minimum Gasteiger partial charge on any atom is -0.295 e. The third-order valence-electron chi connectivity index (χ3n) is 1.78. The maximum atomic E-state index is 10.7. The lowest BCUT2D eigenvalue weighted by Crippen LogP contribution is -1.90. The van der Waals surface area contributed by atoms with Crippen molar-refractivity contribution < 1.29 is 4.79 Å². The molecule has 0 spiro atoms. The van der Waals surface area contributed by atoms with Crippen LogP contribution in [0.25, 0.3) is 11.7 Å². The summed E-state index contributed by atoms with van der Waals surface area (Å²) in [5.74, 6) is 0.0190. The minimum atomic E-state index is 0.0190. The van der Waals surface area contributed by atoms with Gasteiger partial charge in [-0.3, -0.25) is 4.79 Å². The number of hydrogen-bond acceptors (Lipinski definition) is 3. The number of allylic oxidation sites excluding steroid dienone is 1. The fourth-order valence-electron chi connectivity index (χ4n) is 1.12. The Labute approximate surface area is 80.9 Å². The molecule has 0 unspecified atom stereocenters. The molecule has 2 aromatic heterocycles. The van der Waals surface area contributed by atoms with Crippen LogP contribution in [0, 0.1) is 0 Å². The summed E-state index contributed by atoms with van der Waals surface area (Å²) in [6, 6.07) is 1.82. The maximum absolute atomic E-state index is 10.7. The molecular formula is C10H9N3O. The van der Waals surface area contributed by atoms with Crippen LogP contribution >= 0.6 is 0 Å². The van der Waals surface area contributed by atoms with Crippen molar-refractivity contribution in [1.82, 2.24) is 14.6 Å². The van der Waals surface area contributed by atoms with E-state index >= 15 is 0 Å². The predicted molar refractivity (Wildman–Crippen MR) is 52.7 cm³/mol. The number of carbonyl (C=O) groups excluding carboxylic acids is 1. The number of aromatic nitrogens is 3. The van der Waals surface area contributed by atoms with Gasteiger partial charge in [0.25, 0.3) is 0 Å². The Hall–Kier alpha value is -1.97. The Bertz CT molecular complexity index is 499. The van der Waals surface area contributed by atoms with Crippen molar-refractivity contribution in [3.05, 3.63) is 36.3 Å². The molecule has 2 rings (SSSR count). The molecule has 2 heterocycles. The molecule has 0 fully saturated rings. The standard InChI is InChI=1S/C10H9N3O/c1-8(14)2-3-9-6-11-10-4-5-12-13(10)7-9/h2-7H,1H3/b3-2+. The van der Waals surface area contributed by atoms with Gasteiger partial charge in [-0.2, -0.15) is 5.10 Å². The van der Waals surface area contributed by atoms with E-state index in [0.29, 0.717) is 0 Å². The van der Waals surface area contributed by atoms with Crippen LogP contribution in [-0.2, 0) is 4.79 Å². The third kappa shape index (κ3) is 1.69. The van der Waals surface area contributed by atoms with Gasteiger partial charge in [-0.15, -0.1) is 0 Å². The second-order valence-corrected chi connectivity index (χ2v) is 2.97. The minimum absolute atomic E-state index is 0.0190. The monoisotopic (exact) mass is 187 g/mol. The summed E-state index contributed by atoms with van der Waals surface area (Å²) in [5, 5.41) is 4.04. The van der Waals surface area contributed by atoms with Crippen LogP contribution in [0.15, 0.2) is 30.7 Å². The lowest BCUT2D eigenvalue weighted by Gasteiger charge is -1.94. The van der Waals surface area contributed by atoms with Crippen LogP contribution in [0.3, 0.4) is 0 Å². The molecule has 0 radical (unpaired) electrons. The van der Waals surface area contributed by atoms with Crippen molar-refractivity contribution in [3.8, 4) is 0 Å². The molecule has 4 nitrogen and oxygen atoms in total. The van der Waals surface area contributed by atoms with Gasteiger partial charge in [0, 0.05) is 24.0 Å². The lowest BCUT2D eigenvalue weighted by molar-refractivity contribution is -0.112. The zero-order chi connectivity index (χ0) is 9.97. The molecule has 0 aliphatic carbocycles. The molecule has 14 heavy (non-hydrogen) atoms. The van der Waals surface area contributed by atoms with E-state index in [1.54, 1.807) is 23.0 Å². The molecule has 4 heteroatoms. The number of ketones is 1. The summed E-state index contributed by atoms with van der Waals surface area (Å²) in [4.78, 5) is 14.9. The Kier molecular flexibility index (Phi) is 2.10. The molecule has 0 amide bonds. The van der Waals surface area contributed by atoms with Crippen LogP contribution in [0.4, 0.5) is 0 Å². The predicted octanol–water partition coefficient (Wildman–Crippen LogP) is 1.33. The first-order valence-electron chi connectivity index (χ1n) is 4.24. The first-order chi connectivity index (χ1) is 6.75. The number of fused-ring (bicyclic) bond motifs is 1. The summed E-state index contributed by atoms with van der Waals surface area (Å²) in [7, 11) is 0. The molecule has 0 saturated heterocycles. The second kappa shape index (κ2) is 3.41. The number of carbonyl (C=O) groups is 1. The van der Waals surface area contributed by atoms with E-state index < -0.39 is 0 Å². The van der Waals surface area contributed by atoms with Gasteiger partial charge in [0.05, 0.1) is 6.20 Å². The zero-order valence-corrected chi connectivity index (χ0v) is 7.71. The quantitative estimate of drug-likeness (QED) is 0.666. The first kappa shape index (κ1) is 8.62. The summed E-state index contributed by atoms with van der Waals surface area (Å²) in [6.45, 7) is 1.51. The van der Waals surface area contributed by atoms with E-state index in [1.165, 1.54) is 13.0 Å². The largest absolute Gasteiger partial charge is 0.295 e. The molecule has 2 aromatic rings. The van der Waals surface area contributed by atoms with E-state index in [-0.39, 0.29) is 5.78 Å². The molecular weight excluding hydrogens is 178 g/mol. The van der Waals surface area contributed by atoms with Gasteiger partial charge in [-0.25, -0.2) is 9.50 Å². The fourth-order valence-corrected chi connectivity index (χ4v) is 1.12. The molecule has 0 atom stereocenters. The average molecular weight is 187 g/mol. The molecule has 0 saturated carbocycles. The van der Waals surface area contributed by atoms with Crippen LogP contribution in [0.1, 0.15) is 12.5 Å². The van der Waals surface area contributed by atoms with Gasteiger partial charge in [0.1, 0.15) is 0 Å². The van der Waals surface area contributed by atoms with Crippen molar-refractivity contribution >= 4 is 17.5 Å². The van der Waals surface area contributed by atoms with Crippen molar-refractivity contribution in [3.63, 3.8) is 0 Å². The van der Waals surface area contributed by atoms with Gasteiger partial charge in [-0.1, -0.05) is 0 Å². The van der Waals surface area contributed by atoms with Crippen LogP contribution in [0.2, 0.25) is 0 Å². The fraction of sp³-hybridized carbons (Fsp3) is 0.100. The SMILES string of the molecule is CC(=O)/C=C/c1cnc2ccnn2c1. The van der Waals surface area contributed by atoms with Gasteiger partial charge < -0.3 is 0 Å². The van der Waals surface area contributed by atoms with Crippen LogP contribution < -0.4 is 0 Å². The highest BCUT2D eigenvalue weighted by Gasteiger charge is 1.94. The van der Waals surface area contributed by atoms with Gasteiger partial charge in [0.15, 0.2) is 11.4 Å². The first-order valence-corrected chi connectivity index (χ1v) is 4.24. The molecule has 0 aromatic carbocycles. The summed E-state index contributed by atoms with van der Waals surface area (Å²) in [6.07, 6.45) is 8.43. The number of nitrogens with zero attached hydrogens (tertiary/aromatic N) is 3. The molecule has 0 N–H and O–H groups in total. The van der Waals surface area contributed by atoms with Crippen LogP contribution in [-0.4, -0.2) is 20.4 Å². The van der Waals surface area contributed by atoms with Gasteiger partial charge in [0.2, 0.25) is 0 Å². The molecule has 0 aliphatic heterocycles. The topological polar surface area (TPSA) is 47.3 Å². The Morgan fingerprint density at radius 1 is 1.57 bits per heavy atom. The zero-order valence-electron chi connectivity index (χ0n) is 7.71. The summed E-state index contributed by atoms with van der Waals surface area (Å²) < 4.78 is 1.67. The van der Waals surface area contributed by atoms with Crippen molar-refractivity contribution in [2.24, 2.45) is 0 Å². The van der Waals surface area contributed by atoms with E-state index in [0.717, 1.165) is 11.2 Å². The Balaban J connectivity index is 2.39. The van der Waals surface area contributed by atoms with E-state index in [1.807, 2.05) is 12.3 Å². The lowest BCUT2D eigenvalue weighted by atomic mass is 10.3. The molecule has 0 aliphatic rings. The molecule has 70 valence electrons. The third-order valence-corrected chi connectivity index (χ3v) is 1.78. The van der Waals surface area contributed by atoms with Crippen molar-refractivity contribution in [1.29, 1.82) is 0 Å². The smallest absolute Gasteiger partial charge is 0.154 e. The highest BCUT2D eigenvalue weighted by atomic mass is 16.1. The maximum Gasteiger partial charge on any atom is 0.154 e. The Morgan fingerprint density at radius 3 is 3.21 bits per heavy atom. The van der Waals surface area contributed by atoms with Gasteiger partial charge >= 0.3 is 0 Å². The van der Waals surface area contributed by atoms with E-state index in [9.17, 15) is 4.79 Å². The van der Waals surface area contributed by atoms with Crippen molar-refractivity contribution in [2.75, 3.05) is 0 Å². The highest BCUT2D eigenvalue weighted by Crippen LogP contribution is 2.03.